The highest BCUT2D eigenvalue weighted by molar-refractivity contribution is 7.53. The van der Waals surface area contributed by atoms with Crippen molar-refractivity contribution in [3.05, 3.63) is 57.1 Å². The van der Waals surface area contributed by atoms with E-state index in [1.807, 2.05) is 0 Å². The highest BCUT2D eigenvalue weighted by atomic mass is 35.5. The zero-order valence-corrected chi connectivity index (χ0v) is 19.0. The normalized spacial score (nSPS) is 14.5. The summed E-state index contributed by atoms with van der Waals surface area (Å²) in [5, 5.41) is 13.8. The summed E-state index contributed by atoms with van der Waals surface area (Å²) in [5.74, 6) is -0.00830. The van der Waals surface area contributed by atoms with Crippen LogP contribution in [-0.4, -0.2) is 23.9 Å². The molecule has 0 fully saturated rings. The minimum absolute atomic E-state index is 0.0258. The molecule has 2 aromatic rings. The van der Waals surface area contributed by atoms with Crippen LogP contribution >= 0.6 is 19.2 Å². The lowest BCUT2D eigenvalue weighted by Crippen LogP contribution is -2.20. The summed E-state index contributed by atoms with van der Waals surface area (Å²) < 4.78 is 67.0. The minimum atomic E-state index is -4.57. The molecular formula is C19H21ClF3N2O6P. The van der Waals surface area contributed by atoms with Gasteiger partial charge in [-0.2, -0.15) is 13.2 Å². The van der Waals surface area contributed by atoms with Crippen LogP contribution in [0.3, 0.4) is 0 Å². The van der Waals surface area contributed by atoms with Crippen LogP contribution in [-0.2, 0) is 19.8 Å². The Morgan fingerprint density at radius 2 is 1.91 bits per heavy atom. The third kappa shape index (κ3) is 6.83. The number of nitro groups is 1. The number of nitrogens with zero attached hydrogens (tertiary/aromatic N) is 1. The van der Waals surface area contributed by atoms with Gasteiger partial charge >= 0.3 is 13.8 Å². The Balaban J connectivity index is 2.28. The fourth-order valence-electron chi connectivity index (χ4n) is 2.62. The van der Waals surface area contributed by atoms with Gasteiger partial charge in [-0.3, -0.25) is 19.2 Å². The fraction of sp³-hybridized carbons (Fsp3) is 0.368. The molecule has 2 unspecified atom stereocenters. The summed E-state index contributed by atoms with van der Waals surface area (Å²) in [7, 11) is -3.40. The van der Waals surface area contributed by atoms with Crippen molar-refractivity contribution in [2.24, 2.45) is 0 Å². The van der Waals surface area contributed by atoms with E-state index < -0.39 is 30.5 Å². The molecule has 0 saturated heterocycles. The maximum atomic E-state index is 12.8. The Morgan fingerprint density at radius 3 is 2.44 bits per heavy atom. The molecule has 0 heterocycles. The van der Waals surface area contributed by atoms with Crippen LogP contribution in [0, 0.1) is 10.1 Å². The zero-order valence-electron chi connectivity index (χ0n) is 17.3. The second kappa shape index (κ2) is 10.5. The predicted octanol–water partition coefficient (Wildman–Crippen LogP) is 7.08. The summed E-state index contributed by atoms with van der Waals surface area (Å²) >= 11 is 5.90. The van der Waals surface area contributed by atoms with E-state index in [4.69, 9.17) is 25.4 Å². The van der Waals surface area contributed by atoms with Crippen LogP contribution in [0.1, 0.15) is 26.3 Å². The van der Waals surface area contributed by atoms with Gasteiger partial charge in [0.2, 0.25) is 0 Å². The van der Waals surface area contributed by atoms with Crippen LogP contribution in [0.4, 0.5) is 24.5 Å². The van der Waals surface area contributed by atoms with Gasteiger partial charge in [0.05, 0.1) is 22.1 Å². The lowest BCUT2D eigenvalue weighted by molar-refractivity contribution is -0.384. The van der Waals surface area contributed by atoms with E-state index >= 15 is 0 Å². The van der Waals surface area contributed by atoms with Gasteiger partial charge < -0.3 is 14.6 Å². The second-order valence-corrected chi connectivity index (χ2v) is 9.15. The van der Waals surface area contributed by atoms with Gasteiger partial charge in [0.1, 0.15) is 23.4 Å². The Kier molecular flexibility index (Phi) is 8.53. The molecule has 0 aliphatic carbocycles. The molecule has 2 atom stereocenters. The van der Waals surface area contributed by atoms with Crippen molar-refractivity contribution in [1.29, 1.82) is 0 Å². The second-order valence-electron chi connectivity index (χ2n) is 6.42. The van der Waals surface area contributed by atoms with Crippen molar-refractivity contribution in [2.45, 2.75) is 33.2 Å². The van der Waals surface area contributed by atoms with E-state index in [2.05, 4.69) is 5.32 Å². The van der Waals surface area contributed by atoms with Crippen molar-refractivity contribution in [3.8, 4) is 11.5 Å². The minimum Gasteiger partial charge on any atom is -0.456 e. The smallest absolute Gasteiger partial charge is 0.416 e. The molecule has 0 aromatic heterocycles. The van der Waals surface area contributed by atoms with E-state index in [0.29, 0.717) is 6.07 Å². The molecule has 2 aromatic carbocycles. The molecule has 13 heteroatoms. The molecule has 0 aliphatic heterocycles. The summed E-state index contributed by atoms with van der Waals surface area (Å²) in [6.45, 7) is 4.93. The molecule has 32 heavy (non-hydrogen) atoms. The third-order valence-corrected chi connectivity index (χ3v) is 6.40. The van der Waals surface area contributed by atoms with E-state index in [0.717, 1.165) is 18.2 Å². The van der Waals surface area contributed by atoms with Crippen LogP contribution in [0.5, 0.6) is 11.5 Å². The number of anilines is 1. The first-order valence-electron chi connectivity index (χ1n) is 9.40. The van der Waals surface area contributed by atoms with Gasteiger partial charge in [0, 0.05) is 18.3 Å². The molecule has 0 saturated carbocycles. The lowest BCUT2D eigenvalue weighted by atomic mass is 10.2. The van der Waals surface area contributed by atoms with Gasteiger partial charge in [0.25, 0.3) is 5.69 Å². The summed E-state index contributed by atoms with van der Waals surface area (Å²) in [6, 6.07) is 6.23. The number of rotatable bonds is 10. The van der Waals surface area contributed by atoms with Crippen LogP contribution in [0.25, 0.3) is 0 Å². The van der Waals surface area contributed by atoms with Crippen molar-refractivity contribution >= 4 is 30.6 Å². The molecular weight excluding hydrogens is 476 g/mol. The largest absolute Gasteiger partial charge is 0.456 e. The number of halogens is 4. The molecule has 1 N–H and O–H groups in total. The average molecular weight is 497 g/mol. The van der Waals surface area contributed by atoms with Crippen molar-refractivity contribution < 1.29 is 36.4 Å². The zero-order chi connectivity index (χ0) is 24.1. The molecule has 0 bridgehead atoms. The van der Waals surface area contributed by atoms with Crippen molar-refractivity contribution in [3.63, 3.8) is 0 Å². The fourth-order valence-corrected chi connectivity index (χ4v) is 4.16. The van der Waals surface area contributed by atoms with Gasteiger partial charge in [-0.25, -0.2) is 0 Å². The maximum absolute atomic E-state index is 12.8. The maximum Gasteiger partial charge on any atom is 0.416 e. The van der Waals surface area contributed by atoms with Gasteiger partial charge in [-0.1, -0.05) is 18.5 Å². The van der Waals surface area contributed by atoms with Crippen molar-refractivity contribution in [2.75, 3.05) is 18.1 Å². The van der Waals surface area contributed by atoms with E-state index in [9.17, 15) is 27.9 Å². The first-order chi connectivity index (χ1) is 14.9. The van der Waals surface area contributed by atoms with Crippen molar-refractivity contribution in [1.82, 2.24) is 0 Å². The Labute approximate surface area is 187 Å². The number of nitro benzene ring substituents is 1. The average Bonchev–Trinajstić information content (AvgIpc) is 2.68. The number of hydrogen-bond acceptors (Lipinski definition) is 7. The van der Waals surface area contributed by atoms with Crippen LogP contribution in [0.15, 0.2) is 36.4 Å². The number of alkyl halides is 3. The highest BCUT2D eigenvalue weighted by Gasteiger charge is 2.31. The topological polar surface area (TPSA) is 99.9 Å². The number of ether oxygens (including phenoxy) is 1. The van der Waals surface area contributed by atoms with Gasteiger partial charge in [-0.05, 0) is 38.1 Å². The van der Waals surface area contributed by atoms with Gasteiger partial charge in [0.15, 0.2) is 0 Å². The number of hydrogen-bond donors (Lipinski definition) is 1. The Hall–Kier alpha value is -2.33. The van der Waals surface area contributed by atoms with E-state index in [1.54, 1.807) is 13.8 Å². The summed E-state index contributed by atoms with van der Waals surface area (Å²) in [6.07, 6.45) is -5.40. The molecule has 2 rings (SSSR count). The number of benzene rings is 2. The molecule has 8 nitrogen and oxygen atoms in total. The standard InChI is InChI=1S/C19H21ClF3N2O6P/c1-4-29-32(28,5-2)31-12(3)24-16-11-14(7-8-17(16)25(26)27)30-18-9-6-13(10-15(18)20)19(21,22)23/h6-12,24H,4-5H2,1-3H3. The molecule has 0 amide bonds. The van der Waals surface area contributed by atoms with E-state index in [-0.39, 0.29) is 40.7 Å². The Morgan fingerprint density at radius 1 is 1.22 bits per heavy atom. The van der Waals surface area contributed by atoms with Gasteiger partial charge in [-0.15, -0.1) is 0 Å². The SMILES string of the molecule is CCOP(=O)(CC)OC(C)Nc1cc(Oc2ccc(C(F)(F)F)cc2Cl)ccc1[N+](=O)[O-]. The highest BCUT2D eigenvalue weighted by Crippen LogP contribution is 2.49. The lowest BCUT2D eigenvalue weighted by Gasteiger charge is -2.22. The third-order valence-electron chi connectivity index (χ3n) is 4.04. The predicted molar refractivity (Wildman–Crippen MR) is 114 cm³/mol. The van der Waals surface area contributed by atoms with Crippen LogP contribution in [0.2, 0.25) is 5.02 Å². The molecule has 0 radical (unpaired) electrons. The van der Waals surface area contributed by atoms with E-state index in [1.165, 1.54) is 19.1 Å². The molecule has 0 spiro atoms. The first kappa shape index (κ1) is 25.9. The quantitative estimate of drug-likeness (QED) is 0.162. The molecule has 176 valence electrons. The first-order valence-corrected chi connectivity index (χ1v) is 11.5. The van der Waals surface area contributed by atoms with Crippen LogP contribution < -0.4 is 10.1 Å². The summed E-state index contributed by atoms with van der Waals surface area (Å²) in [4.78, 5) is 10.7. The number of nitrogens with one attached hydrogen (secondary N) is 1. The molecule has 0 aliphatic rings. The summed E-state index contributed by atoms with van der Waals surface area (Å²) in [5.41, 5.74) is -1.29. The monoisotopic (exact) mass is 496 g/mol. The Bertz CT molecular complexity index is 1020.